The van der Waals surface area contributed by atoms with Gasteiger partial charge in [0.2, 0.25) is 0 Å². The highest BCUT2D eigenvalue weighted by atomic mass is 16.5. The topological polar surface area (TPSA) is 44.2 Å². The van der Waals surface area contributed by atoms with E-state index in [1.165, 1.54) is 0 Å². The molecule has 0 radical (unpaired) electrons. The van der Waals surface area contributed by atoms with E-state index in [2.05, 4.69) is 70.0 Å². The Bertz CT molecular complexity index is 1830. The van der Waals surface area contributed by atoms with E-state index in [-0.39, 0.29) is 0 Å². The molecule has 190 valence electrons. The lowest BCUT2D eigenvalue weighted by atomic mass is 9.91. The first-order chi connectivity index (χ1) is 19.7. The van der Waals surface area contributed by atoms with Crippen LogP contribution in [0, 0.1) is 23.7 Å². The molecule has 4 heteroatoms. The van der Waals surface area contributed by atoms with Gasteiger partial charge in [-0.15, -0.1) is 0 Å². The van der Waals surface area contributed by atoms with Crippen molar-refractivity contribution in [3.05, 3.63) is 132 Å². The number of hydrogen-bond acceptors (Lipinski definition) is 4. The molecule has 0 N–H and O–H groups in total. The molecule has 40 heavy (non-hydrogen) atoms. The van der Waals surface area contributed by atoms with Gasteiger partial charge in [0.1, 0.15) is 11.5 Å². The van der Waals surface area contributed by atoms with Gasteiger partial charge < -0.3 is 9.47 Å². The first-order valence-corrected chi connectivity index (χ1v) is 12.8. The van der Waals surface area contributed by atoms with Crippen molar-refractivity contribution in [2.24, 2.45) is 0 Å². The second kappa shape index (κ2) is 11.0. The van der Waals surface area contributed by atoms with E-state index in [9.17, 15) is 0 Å². The lowest BCUT2D eigenvalue weighted by molar-refractivity contribution is 0.411. The van der Waals surface area contributed by atoms with Crippen LogP contribution in [0.15, 0.2) is 110 Å². The number of rotatable bonds is 3. The monoisotopic (exact) mass is 516 g/mol. The summed E-state index contributed by atoms with van der Waals surface area (Å²) in [4.78, 5) is 8.12. The number of aromatic nitrogens is 2. The van der Waals surface area contributed by atoms with Crippen LogP contribution in [0.5, 0.6) is 11.5 Å². The lowest BCUT2D eigenvalue weighted by Crippen LogP contribution is -1.95. The predicted octanol–water partition coefficient (Wildman–Crippen LogP) is 7.27. The van der Waals surface area contributed by atoms with E-state index in [4.69, 9.17) is 9.47 Å². The third kappa shape index (κ3) is 4.95. The van der Waals surface area contributed by atoms with Gasteiger partial charge in [-0.05, 0) is 82.2 Å². The minimum Gasteiger partial charge on any atom is -0.496 e. The van der Waals surface area contributed by atoms with Crippen LogP contribution in [0.25, 0.3) is 32.7 Å². The fourth-order valence-electron chi connectivity index (χ4n) is 4.79. The zero-order valence-corrected chi connectivity index (χ0v) is 22.1. The summed E-state index contributed by atoms with van der Waals surface area (Å²) in [7, 11) is 3.40. The Hall–Kier alpha value is -5.58. The summed E-state index contributed by atoms with van der Waals surface area (Å²) < 4.78 is 11.8. The van der Waals surface area contributed by atoms with E-state index in [1.807, 2.05) is 48.5 Å². The Morgan fingerprint density at radius 1 is 0.450 bits per heavy atom. The Morgan fingerprint density at radius 2 is 0.850 bits per heavy atom. The van der Waals surface area contributed by atoms with Crippen molar-refractivity contribution in [1.82, 2.24) is 9.97 Å². The third-order valence-corrected chi connectivity index (χ3v) is 6.72. The van der Waals surface area contributed by atoms with E-state index in [0.29, 0.717) is 0 Å². The molecule has 6 aromatic rings. The molecule has 0 spiro atoms. The zero-order chi connectivity index (χ0) is 27.3. The summed E-state index contributed by atoms with van der Waals surface area (Å²) >= 11 is 0. The molecule has 0 saturated heterocycles. The van der Waals surface area contributed by atoms with Crippen LogP contribution in [0.4, 0.5) is 0 Å². The second-order valence-corrected chi connectivity index (χ2v) is 9.13. The van der Waals surface area contributed by atoms with Crippen LogP contribution in [0.1, 0.15) is 22.3 Å². The first kappa shape index (κ1) is 24.7. The SMILES string of the molecule is COc1ccc2cc(C#Cc3ccncc3)ccc2c1-c1c(OC)ccc2cc(C#Cc3ccncc3)ccc12. The smallest absolute Gasteiger partial charge is 0.127 e. The summed E-state index contributed by atoms with van der Waals surface area (Å²) in [6.07, 6.45) is 6.99. The quantitative estimate of drug-likeness (QED) is 0.232. The van der Waals surface area contributed by atoms with Crippen molar-refractivity contribution in [2.75, 3.05) is 14.2 Å². The van der Waals surface area contributed by atoms with Gasteiger partial charge in [-0.25, -0.2) is 0 Å². The average molecular weight is 517 g/mol. The van der Waals surface area contributed by atoms with Crippen molar-refractivity contribution in [3.63, 3.8) is 0 Å². The third-order valence-electron chi connectivity index (χ3n) is 6.72. The summed E-state index contributed by atoms with van der Waals surface area (Å²) in [6, 6.07) is 28.3. The minimum absolute atomic E-state index is 0.774. The molecule has 6 rings (SSSR count). The molecular weight excluding hydrogens is 492 g/mol. The van der Waals surface area contributed by atoms with Crippen molar-refractivity contribution < 1.29 is 9.47 Å². The molecule has 0 bridgehead atoms. The zero-order valence-electron chi connectivity index (χ0n) is 22.1. The largest absolute Gasteiger partial charge is 0.496 e. The molecule has 0 atom stereocenters. The molecule has 0 aliphatic carbocycles. The maximum absolute atomic E-state index is 5.89. The fraction of sp³-hybridized carbons (Fsp3) is 0.0556. The van der Waals surface area contributed by atoms with E-state index in [1.54, 1.807) is 39.0 Å². The van der Waals surface area contributed by atoms with Gasteiger partial charge in [-0.1, -0.05) is 47.9 Å². The molecule has 2 heterocycles. The molecule has 0 saturated carbocycles. The molecular formula is C36H24N2O2. The molecule has 0 amide bonds. The fourth-order valence-corrected chi connectivity index (χ4v) is 4.79. The van der Waals surface area contributed by atoms with Crippen LogP contribution in [-0.2, 0) is 0 Å². The molecule has 0 unspecified atom stereocenters. The van der Waals surface area contributed by atoms with E-state index < -0.39 is 0 Å². The van der Waals surface area contributed by atoms with Gasteiger partial charge in [-0.3, -0.25) is 9.97 Å². The predicted molar refractivity (Wildman–Crippen MR) is 160 cm³/mol. The van der Waals surface area contributed by atoms with Crippen LogP contribution in [-0.4, -0.2) is 24.2 Å². The Morgan fingerprint density at radius 3 is 1.25 bits per heavy atom. The van der Waals surface area contributed by atoms with Crippen LogP contribution in [0.3, 0.4) is 0 Å². The van der Waals surface area contributed by atoms with Crippen LogP contribution < -0.4 is 9.47 Å². The van der Waals surface area contributed by atoms with Gasteiger partial charge in [-0.2, -0.15) is 0 Å². The van der Waals surface area contributed by atoms with Crippen molar-refractivity contribution in [3.8, 4) is 46.3 Å². The Labute approximate surface area is 233 Å². The number of methoxy groups -OCH3 is 2. The van der Waals surface area contributed by atoms with Gasteiger partial charge in [0.15, 0.2) is 0 Å². The normalized spacial score (nSPS) is 10.3. The number of pyridine rings is 2. The van der Waals surface area contributed by atoms with Crippen molar-refractivity contribution >= 4 is 21.5 Å². The highest BCUT2D eigenvalue weighted by Crippen LogP contribution is 2.45. The molecule has 4 nitrogen and oxygen atoms in total. The van der Waals surface area contributed by atoms with Crippen LogP contribution >= 0.6 is 0 Å². The maximum Gasteiger partial charge on any atom is 0.127 e. The number of hydrogen-bond donors (Lipinski definition) is 0. The molecule has 0 aliphatic rings. The Kier molecular flexibility index (Phi) is 6.82. The minimum atomic E-state index is 0.774. The second-order valence-electron chi connectivity index (χ2n) is 9.13. The van der Waals surface area contributed by atoms with Gasteiger partial charge in [0.25, 0.3) is 0 Å². The van der Waals surface area contributed by atoms with Gasteiger partial charge in [0, 0.05) is 58.2 Å². The summed E-state index contributed by atoms with van der Waals surface area (Å²) in [5.74, 6) is 14.5. The standard InChI is InChI=1S/C36H24N2O2/c1-39-33-13-9-29-23-27(5-3-25-15-19-37-20-16-25)7-11-31(29)35(33)36-32-12-8-28(6-4-26-17-21-38-22-18-26)24-30(32)10-14-34(36)40-2/h7-24H,1-2H3. The molecule has 0 aliphatic heterocycles. The average Bonchev–Trinajstić information content (AvgIpc) is 3.02. The van der Waals surface area contributed by atoms with Crippen molar-refractivity contribution in [2.45, 2.75) is 0 Å². The lowest BCUT2D eigenvalue weighted by Gasteiger charge is -2.18. The van der Waals surface area contributed by atoms with Crippen LogP contribution in [0.2, 0.25) is 0 Å². The Balaban J connectivity index is 1.49. The van der Waals surface area contributed by atoms with Gasteiger partial charge >= 0.3 is 0 Å². The molecule has 0 fully saturated rings. The van der Waals surface area contributed by atoms with Crippen molar-refractivity contribution in [1.29, 1.82) is 0 Å². The highest BCUT2D eigenvalue weighted by molar-refractivity contribution is 6.10. The number of nitrogens with zero attached hydrogens (tertiary/aromatic N) is 2. The number of fused-ring (bicyclic) bond motifs is 2. The van der Waals surface area contributed by atoms with E-state index in [0.717, 1.165) is 66.4 Å². The highest BCUT2D eigenvalue weighted by Gasteiger charge is 2.18. The molecule has 2 aromatic heterocycles. The first-order valence-electron chi connectivity index (χ1n) is 12.8. The summed E-state index contributed by atoms with van der Waals surface area (Å²) in [5.41, 5.74) is 5.68. The summed E-state index contributed by atoms with van der Waals surface area (Å²) in [6.45, 7) is 0. The maximum atomic E-state index is 5.89. The number of ether oxygens (including phenoxy) is 2. The summed E-state index contributed by atoms with van der Waals surface area (Å²) in [5, 5.41) is 4.25. The molecule has 4 aromatic carbocycles. The van der Waals surface area contributed by atoms with Gasteiger partial charge in [0.05, 0.1) is 14.2 Å². The van der Waals surface area contributed by atoms with E-state index >= 15 is 0 Å². The number of benzene rings is 4.